The number of hydrogen-bond donors (Lipinski definition) is 1. The summed E-state index contributed by atoms with van der Waals surface area (Å²) in [7, 11) is 0. The summed E-state index contributed by atoms with van der Waals surface area (Å²) in [6.45, 7) is 13.7. The van der Waals surface area contributed by atoms with E-state index in [1.165, 1.54) is 6.92 Å². The number of nitrogens with zero attached hydrogens (tertiary/aromatic N) is 1. The Balaban J connectivity index is -0.000000659. The molecule has 0 aromatic carbocycles. The third kappa shape index (κ3) is 13.7. The van der Waals surface area contributed by atoms with Gasteiger partial charge in [-0.05, 0) is 19.8 Å². The Labute approximate surface area is 146 Å². The number of amides is 3. The highest BCUT2D eigenvalue weighted by molar-refractivity contribution is 6.14. The second-order valence-corrected chi connectivity index (χ2v) is 4.11. The Bertz CT molecular complexity index is 386. The first-order valence-electron chi connectivity index (χ1n) is 8.80. The number of nitrogens with one attached hydrogen (secondary N) is 1. The van der Waals surface area contributed by atoms with Crippen LogP contribution < -0.4 is 5.32 Å². The number of Topliss-reactive ketones (excluding diaryl/α,β-unsaturated/α-hetero) is 1. The van der Waals surface area contributed by atoms with Crippen molar-refractivity contribution in [2.45, 2.75) is 67.7 Å². The van der Waals surface area contributed by atoms with Gasteiger partial charge in [0, 0.05) is 25.1 Å². The van der Waals surface area contributed by atoms with Crippen LogP contribution in [0.4, 0.5) is 0 Å². The Morgan fingerprint density at radius 2 is 1.38 bits per heavy atom. The molecule has 1 heterocycles. The number of carbonyl (C=O) groups excluding carboxylic acids is 4. The van der Waals surface area contributed by atoms with Gasteiger partial charge in [0.25, 0.3) is 11.8 Å². The van der Waals surface area contributed by atoms with Gasteiger partial charge in [-0.15, -0.1) is 0 Å². The molecule has 0 unspecified atom stereocenters. The van der Waals surface area contributed by atoms with Gasteiger partial charge in [0.05, 0.1) is 0 Å². The van der Waals surface area contributed by atoms with Crippen LogP contribution in [-0.4, -0.2) is 41.5 Å². The molecule has 0 saturated carbocycles. The fourth-order valence-corrected chi connectivity index (χ4v) is 1.51. The first-order chi connectivity index (χ1) is 11.5. The van der Waals surface area contributed by atoms with Gasteiger partial charge in [0.15, 0.2) is 0 Å². The molecule has 0 aromatic rings. The van der Waals surface area contributed by atoms with Crippen molar-refractivity contribution < 1.29 is 19.2 Å². The molecular weight excluding hydrogens is 308 g/mol. The van der Waals surface area contributed by atoms with E-state index in [-0.39, 0.29) is 18.2 Å². The normalized spacial score (nSPS) is 11.4. The molecule has 0 saturated heterocycles. The van der Waals surface area contributed by atoms with Gasteiger partial charge in [-0.25, -0.2) is 0 Å². The molecule has 3 amide bonds. The van der Waals surface area contributed by atoms with E-state index in [1.54, 1.807) is 0 Å². The van der Waals surface area contributed by atoms with E-state index in [0.29, 0.717) is 19.4 Å². The molecule has 1 N–H and O–H groups in total. The van der Waals surface area contributed by atoms with Crippen LogP contribution in [0.25, 0.3) is 0 Å². The molecule has 6 heteroatoms. The lowest BCUT2D eigenvalue weighted by molar-refractivity contribution is -0.141. The average molecular weight is 342 g/mol. The maximum atomic E-state index is 11.4. The predicted octanol–water partition coefficient (Wildman–Crippen LogP) is 2.87. The third-order valence-corrected chi connectivity index (χ3v) is 2.48. The second-order valence-electron chi connectivity index (χ2n) is 4.11. The van der Waals surface area contributed by atoms with Crippen LogP contribution in [0.5, 0.6) is 0 Å². The van der Waals surface area contributed by atoms with Gasteiger partial charge in [0.1, 0.15) is 12.3 Å². The van der Waals surface area contributed by atoms with Crippen LogP contribution in [0.15, 0.2) is 12.2 Å². The van der Waals surface area contributed by atoms with E-state index in [1.807, 2.05) is 41.5 Å². The fraction of sp³-hybridized carbons (Fsp3) is 0.667. The molecule has 140 valence electrons. The molecule has 0 radical (unpaired) electrons. The van der Waals surface area contributed by atoms with E-state index in [2.05, 4.69) is 5.32 Å². The van der Waals surface area contributed by atoms with Crippen LogP contribution in [-0.2, 0) is 19.2 Å². The maximum absolute atomic E-state index is 11.4. The number of carbonyl (C=O) groups is 4. The Hall–Kier alpha value is -1.98. The number of imide groups is 1. The molecule has 1 rings (SSSR count). The summed E-state index contributed by atoms with van der Waals surface area (Å²) in [6, 6.07) is 0. The minimum absolute atomic E-state index is 0.126. The van der Waals surface area contributed by atoms with E-state index < -0.39 is 11.8 Å². The number of hydrogen-bond acceptors (Lipinski definition) is 4. The van der Waals surface area contributed by atoms with E-state index in [4.69, 9.17) is 0 Å². The lowest BCUT2D eigenvalue weighted by Crippen LogP contribution is -2.40. The first-order valence-corrected chi connectivity index (χ1v) is 8.80. The zero-order chi connectivity index (χ0) is 19.5. The number of ketones is 1. The molecule has 24 heavy (non-hydrogen) atoms. The minimum Gasteiger partial charge on any atom is -0.355 e. The highest BCUT2D eigenvalue weighted by Gasteiger charge is 2.25. The number of rotatable bonds is 7. The summed E-state index contributed by atoms with van der Waals surface area (Å²) in [4.78, 5) is 45.3. The lowest BCUT2D eigenvalue weighted by Gasteiger charge is -2.13. The largest absolute Gasteiger partial charge is 0.355 e. The Morgan fingerprint density at radius 1 is 0.917 bits per heavy atom. The summed E-state index contributed by atoms with van der Waals surface area (Å²) in [5.74, 6) is -1.18. The van der Waals surface area contributed by atoms with Crippen LogP contribution in [0.3, 0.4) is 0 Å². The Kier molecular flexibility index (Phi) is 21.4. The van der Waals surface area contributed by atoms with Crippen molar-refractivity contribution in [3.63, 3.8) is 0 Å². The molecule has 0 bridgehead atoms. The fourth-order valence-electron chi connectivity index (χ4n) is 1.51. The summed E-state index contributed by atoms with van der Waals surface area (Å²) >= 11 is 0. The smallest absolute Gasteiger partial charge is 0.254 e. The van der Waals surface area contributed by atoms with Crippen LogP contribution in [0.1, 0.15) is 67.7 Å². The molecule has 0 aliphatic carbocycles. The van der Waals surface area contributed by atoms with Gasteiger partial charge in [-0.1, -0.05) is 41.5 Å². The number of unbranched alkanes of at least 4 members (excludes halogenated alkanes) is 1. The molecule has 1 aliphatic heterocycles. The monoisotopic (exact) mass is 342 g/mol. The molecule has 0 spiro atoms. The van der Waals surface area contributed by atoms with Crippen molar-refractivity contribution in [3.8, 4) is 0 Å². The standard InChI is InChI=1S/C12H16N2O4.3C2H6/c1-9(15)4-2-3-7-13-10(16)8-14-11(17)5-6-12(14)18;3*1-2/h5-6H,2-4,7-8H2,1H3,(H,13,16);3*1-2H3. The quantitative estimate of drug-likeness (QED) is 0.569. The van der Waals surface area contributed by atoms with Crippen LogP contribution >= 0.6 is 0 Å². The van der Waals surface area contributed by atoms with Crippen molar-refractivity contribution in [3.05, 3.63) is 12.2 Å². The van der Waals surface area contributed by atoms with Crippen LogP contribution in [0.2, 0.25) is 0 Å². The molecule has 6 nitrogen and oxygen atoms in total. The van der Waals surface area contributed by atoms with Gasteiger partial charge in [-0.3, -0.25) is 19.3 Å². The topological polar surface area (TPSA) is 83.6 Å². The zero-order valence-electron chi connectivity index (χ0n) is 16.3. The SMILES string of the molecule is CC.CC.CC.CC(=O)CCCCNC(=O)CN1C(=O)C=CC1=O. The van der Waals surface area contributed by atoms with Gasteiger partial charge in [0.2, 0.25) is 5.91 Å². The molecule has 0 atom stereocenters. The van der Waals surface area contributed by atoms with E-state index >= 15 is 0 Å². The van der Waals surface area contributed by atoms with E-state index in [0.717, 1.165) is 23.5 Å². The highest BCUT2D eigenvalue weighted by atomic mass is 16.2. The summed E-state index contributed by atoms with van der Waals surface area (Å²) in [5.41, 5.74) is 0. The lowest BCUT2D eigenvalue weighted by atomic mass is 10.2. The third-order valence-electron chi connectivity index (χ3n) is 2.48. The van der Waals surface area contributed by atoms with Gasteiger partial charge in [-0.2, -0.15) is 0 Å². The highest BCUT2D eigenvalue weighted by Crippen LogP contribution is 2.02. The van der Waals surface area contributed by atoms with Crippen molar-refractivity contribution in [2.24, 2.45) is 0 Å². The van der Waals surface area contributed by atoms with Gasteiger partial charge >= 0.3 is 0 Å². The second kappa shape index (κ2) is 19.1. The first kappa shape index (κ1) is 26.9. The maximum Gasteiger partial charge on any atom is 0.254 e. The zero-order valence-corrected chi connectivity index (χ0v) is 16.3. The van der Waals surface area contributed by atoms with E-state index in [9.17, 15) is 19.2 Å². The molecule has 0 fully saturated rings. The predicted molar refractivity (Wildman–Crippen MR) is 97.4 cm³/mol. The molecule has 1 aliphatic rings. The summed E-state index contributed by atoms with van der Waals surface area (Å²) in [5, 5.41) is 2.60. The minimum atomic E-state index is -0.466. The molecular formula is C18H34N2O4. The van der Waals surface area contributed by atoms with Crippen LogP contribution in [0, 0.1) is 0 Å². The summed E-state index contributed by atoms with van der Waals surface area (Å²) in [6.07, 6.45) is 4.21. The summed E-state index contributed by atoms with van der Waals surface area (Å²) < 4.78 is 0. The Morgan fingerprint density at radius 3 is 1.79 bits per heavy atom. The van der Waals surface area contributed by atoms with Crippen molar-refractivity contribution in [1.82, 2.24) is 10.2 Å². The molecule has 0 aromatic heterocycles. The average Bonchev–Trinajstić information content (AvgIpc) is 2.91. The van der Waals surface area contributed by atoms with Crippen molar-refractivity contribution in [2.75, 3.05) is 13.1 Å². The van der Waals surface area contributed by atoms with Gasteiger partial charge < -0.3 is 10.1 Å². The van der Waals surface area contributed by atoms with Crippen molar-refractivity contribution in [1.29, 1.82) is 0 Å². The van der Waals surface area contributed by atoms with Crippen molar-refractivity contribution >= 4 is 23.5 Å².